The van der Waals surface area contributed by atoms with Crippen molar-refractivity contribution in [1.82, 2.24) is 9.78 Å². The van der Waals surface area contributed by atoms with Gasteiger partial charge < -0.3 is 0 Å². The molecule has 1 fully saturated rings. The fourth-order valence-corrected chi connectivity index (χ4v) is 2.99. The van der Waals surface area contributed by atoms with Crippen LogP contribution in [0, 0.1) is 17.2 Å². The smallest absolute Gasteiger partial charge is 0.145 e. The number of hydrogen-bond donors (Lipinski definition) is 0. The zero-order chi connectivity index (χ0) is 13.1. The van der Waals surface area contributed by atoms with Gasteiger partial charge in [0, 0.05) is 0 Å². The first-order valence-corrected chi connectivity index (χ1v) is 7.18. The maximum Gasteiger partial charge on any atom is 0.145 e. The van der Waals surface area contributed by atoms with Crippen LogP contribution in [0.25, 0.3) is 0 Å². The minimum Gasteiger partial charge on any atom is -0.249 e. The summed E-state index contributed by atoms with van der Waals surface area (Å²) in [5.41, 5.74) is 1.44. The minimum atomic E-state index is 0.388. The molecule has 0 aliphatic heterocycles. The van der Waals surface area contributed by atoms with Gasteiger partial charge in [-0.2, -0.15) is 10.4 Å². The van der Waals surface area contributed by atoms with Gasteiger partial charge in [-0.05, 0) is 25.2 Å². The van der Waals surface area contributed by atoms with Crippen LogP contribution in [0.5, 0.6) is 0 Å². The molecule has 4 heteroatoms. The third kappa shape index (κ3) is 2.70. The average Bonchev–Trinajstić information content (AvgIpc) is 2.66. The third-order valence-electron chi connectivity index (χ3n) is 3.56. The summed E-state index contributed by atoms with van der Waals surface area (Å²) >= 11 is 6.32. The Morgan fingerprint density at radius 2 is 2.06 bits per heavy atom. The molecule has 0 aromatic carbocycles. The number of hydrogen-bond acceptors (Lipinski definition) is 2. The lowest BCUT2D eigenvalue weighted by Gasteiger charge is -2.22. The number of aromatic nitrogens is 2. The first-order chi connectivity index (χ1) is 8.63. The second kappa shape index (κ2) is 5.75. The fourth-order valence-electron chi connectivity index (χ4n) is 2.67. The molecular weight excluding hydrogens is 246 g/mol. The van der Waals surface area contributed by atoms with E-state index in [1.54, 1.807) is 0 Å². The van der Waals surface area contributed by atoms with Gasteiger partial charge in [0.25, 0.3) is 0 Å². The van der Waals surface area contributed by atoms with E-state index >= 15 is 0 Å². The first kappa shape index (κ1) is 13.4. The molecule has 0 spiro atoms. The lowest BCUT2D eigenvalue weighted by molar-refractivity contribution is 0.328. The fraction of sp³-hybridized carbons (Fsp3) is 0.714. The van der Waals surface area contributed by atoms with Crippen molar-refractivity contribution < 1.29 is 0 Å². The molecule has 0 N–H and O–H groups in total. The molecule has 1 aromatic heterocycles. The molecule has 0 saturated heterocycles. The van der Waals surface area contributed by atoms with Crippen molar-refractivity contribution in [1.29, 1.82) is 5.26 Å². The van der Waals surface area contributed by atoms with E-state index in [-0.39, 0.29) is 0 Å². The van der Waals surface area contributed by atoms with E-state index in [2.05, 4.69) is 25.0 Å². The maximum atomic E-state index is 9.24. The second-order valence-electron chi connectivity index (χ2n) is 5.56. The molecule has 2 rings (SSSR count). The van der Waals surface area contributed by atoms with Crippen LogP contribution in [-0.4, -0.2) is 9.78 Å². The highest BCUT2D eigenvalue weighted by molar-refractivity contribution is 6.30. The standard InChI is InChI=1S/C14H20ClN3/c1-10(2)8-13-12(9-16)14(15)18(17-13)11-6-4-3-5-7-11/h10-11H,3-8H2,1-2H3. The topological polar surface area (TPSA) is 41.6 Å². The highest BCUT2D eigenvalue weighted by atomic mass is 35.5. The van der Waals surface area contributed by atoms with E-state index in [9.17, 15) is 5.26 Å². The van der Waals surface area contributed by atoms with Crippen molar-refractivity contribution in [3.8, 4) is 6.07 Å². The van der Waals surface area contributed by atoms with E-state index in [1.807, 2.05) is 4.68 Å². The molecule has 0 bridgehead atoms. The van der Waals surface area contributed by atoms with Crippen molar-refractivity contribution >= 4 is 11.6 Å². The Hall–Kier alpha value is -1.01. The maximum absolute atomic E-state index is 9.24. The van der Waals surface area contributed by atoms with Crippen molar-refractivity contribution in [3.63, 3.8) is 0 Å². The predicted octanol–water partition coefficient (Wildman–Crippen LogP) is 4.11. The van der Waals surface area contributed by atoms with Crippen molar-refractivity contribution in [2.45, 2.75) is 58.4 Å². The summed E-state index contributed by atoms with van der Waals surface area (Å²) in [5.74, 6) is 0.489. The quantitative estimate of drug-likeness (QED) is 0.825. The van der Waals surface area contributed by atoms with Crippen LogP contribution in [0.1, 0.15) is 63.3 Å². The molecule has 1 aliphatic carbocycles. The van der Waals surface area contributed by atoms with Crippen LogP contribution in [0.15, 0.2) is 0 Å². The highest BCUT2D eigenvalue weighted by Gasteiger charge is 2.23. The monoisotopic (exact) mass is 265 g/mol. The van der Waals surface area contributed by atoms with Gasteiger partial charge in [-0.1, -0.05) is 44.7 Å². The van der Waals surface area contributed by atoms with Gasteiger partial charge in [-0.15, -0.1) is 0 Å². The summed E-state index contributed by atoms with van der Waals surface area (Å²) in [7, 11) is 0. The Morgan fingerprint density at radius 3 is 2.61 bits per heavy atom. The molecule has 0 amide bonds. The highest BCUT2D eigenvalue weighted by Crippen LogP contribution is 2.32. The van der Waals surface area contributed by atoms with E-state index in [0.29, 0.717) is 22.7 Å². The van der Waals surface area contributed by atoms with E-state index in [1.165, 1.54) is 19.3 Å². The Morgan fingerprint density at radius 1 is 1.39 bits per heavy atom. The Balaban J connectivity index is 2.30. The summed E-state index contributed by atoms with van der Waals surface area (Å²) in [6.45, 7) is 4.27. The molecule has 0 atom stereocenters. The zero-order valence-corrected chi connectivity index (χ0v) is 11.9. The van der Waals surface area contributed by atoms with Crippen LogP contribution >= 0.6 is 11.6 Å². The summed E-state index contributed by atoms with van der Waals surface area (Å²) in [6.07, 6.45) is 6.87. The van der Waals surface area contributed by atoms with E-state index < -0.39 is 0 Å². The van der Waals surface area contributed by atoms with Crippen LogP contribution in [-0.2, 0) is 6.42 Å². The second-order valence-corrected chi connectivity index (χ2v) is 5.92. The molecule has 1 aromatic rings. The largest absolute Gasteiger partial charge is 0.249 e. The molecule has 18 heavy (non-hydrogen) atoms. The molecule has 1 aliphatic rings. The minimum absolute atomic E-state index is 0.388. The Kier molecular flexibility index (Phi) is 4.29. The Bertz CT molecular complexity index is 450. The van der Waals surface area contributed by atoms with Gasteiger partial charge in [0.05, 0.1) is 11.7 Å². The summed E-state index contributed by atoms with van der Waals surface area (Å²) in [4.78, 5) is 0. The van der Waals surface area contributed by atoms with E-state index in [4.69, 9.17) is 11.6 Å². The normalized spacial score (nSPS) is 17.1. The SMILES string of the molecule is CC(C)Cc1nn(C2CCCCC2)c(Cl)c1C#N. The number of halogens is 1. The lowest BCUT2D eigenvalue weighted by Crippen LogP contribution is -2.14. The first-order valence-electron chi connectivity index (χ1n) is 6.80. The third-order valence-corrected chi connectivity index (χ3v) is 3.92. The number of rotatable bonds is 3. The number of nitrogens with zero attached hydrogens (tertiary/aromatic N) is 3. The van der Waals surface area contributed by atoms with Gasteiger partial charge in [0.1, 0.15) is 16.8 Å². The molecule has 3 nitrogen and oxygen atoms in total. The van der Waals surface area contributed by atoms with E-state index in [0.717, 1.165) is 25.0 Å². The van der Waals surface area contributed by atoms with Gasteiger partial charge in [0.15, 0.2) is 0 Å². The Labute approximate surface area is 114 Å². The van der Waals surface area contributed by atoms with Crippen LogP contribution in [0.4, 0.5) is 0 Å². The average molecular weight is 266 g/mol. The van der Waals surface area contributed by atoms with Gasteiger partial charge in [-0.3, -0.25) is 0 Å². The van der Waals surface area contributed by atoms with Gasteiger partial charge in [0.2, 0.25) is 0 Å². The zero-order valence-electron chi connectivity index (χ0n) is 11.1. The van der Waals surface area contributed by atoms with Gasteiger partial charge in [-0.25, -0.2) is 4.68 Å². The summed E-state index contributed by atoms with van der Waals surface area (Å²) in [6, 6.07) is 2.60. The van der Waals surface area contributed by atoms with Crippen LogP contribution in [0.2, 0.25) is 5.15 Å². The molecule has 0 unspecified atom stereocenters. The molecule has 98 valence electrons. The molecule has 1 saturated carbocycles. The van der Waals surface area contributed by atoms with Crippen molar-refractivity contribution in [2.24, 2.45) is 5.92 Å². The summed E-state index contributed by atoms with van der Waals surface area (Å²) < 4.78 is 1.90. The molecule has 0 radical (unpaired) electrons. The van der Waals surface area contributed by atoms with Crippen LogP contribution < -0.4 is 0 Å². The molecule has 1 heterocycles. The predicted molar refractivity (Wildman–Crippen MR) is 72.6 cm³/mol. The van der Waals surface area contributed by atoms with Crippen molar-refractivity contribution in [3.05, 3.63) is 16.4 Å². The summed E-state index contributed by atoms with van der Waals surface area (Å²) in [5, 5.41) is 14.4. The number of nitriles is 1. The molecular formula is C14H20ClN3. The lowest BCUT2D eigenvalue weighted by atomic mass is 9.96. The van der Waals surface area contributed by atoms with Crippen LogP contribution in [0.3, 0.4) is 0 Å². The van der Waals surface area contributed by atoms with Gasteiger partial charge >= 0.3 is 0 Å². The van der Waals surface area contributed by atoms with Crippen molar-refractivity contribution in [2.75, 3.05) is 0 Å².